The zero-order valence-corrected chi connectivity index (χ0v) is 15.0. The van der Waals surface area contributed by atoms with E-state index in [0.29, 0.717) is 43.2 Å². The molecule has 2 unspecified atom stereocenters. The van der Waals surface area contributed by atoms with Gasteiger partial charge in [0.25, 0.3) is 0 Å². The molecule has 2 atom stereocenters. The van der Waals surface area contributed by atoms with Gasteiger partial charge in [0.2, 0.25) is 0 Å². The predicted octanol–water partition coefficient (Wildman–Crippen LogP) is 3.55. The summed E-state index contributed by atoms with van der Waals surface area (Å²) in [5, 5.41) is 0. The number of methoxy groups -OCH3 is 2. The van der Waals surface area contributed by atoms with E-state index in [9.17, 15) is 4.79 Å². The summed E-state index contributed by atoms with van der Waals surface area (Å²) in [4.78, 5) is 12.9. The SMILES string of the molecule is COc1ccc(C2CC(=O)CC(c3ccc(OC)cc3)[Se]2)cc1. The molecule has 0 spiro atoms. The zero-order chi connectivity index (χ0) is 16.2. The molecule has 1 aliphatic rings. The minimum atomic E-state index is 0.349. The van der Waals surface area contributed by atoms with Crippen LogP contribution < -0.4 is 9.47 Å². The van der Waals surface area contributed by atoms with Crippen LogP contribution in [0, 0.1) is 0 Å². The number of hydrogen-bond acceptors (Lipinski definition) is 3. The van der Waals surface area contributed by atoms with E-state index in [1.54, 1.807) is 14.2 Å². The number of hydrogen-bond donors (Lipinski definition) is 0. The Morgan fingerprint density at radius 2 is 1.17 bits per heavy atom. The van der Waals surface area contributed by atoms with Crippen molar-refractivity contribution < 1.29 is 14.3 Å². The van der Waals surface area contributed by atoms with Gasteiger partial charge in [0.05, 0.1) is 0 Å². The standard InChI is InChI=1S/C19H20O3Se/c1-21-16-7-3-13(4-8-16)18-11-15(20)12-19(23-18)14-5-9-17(22-2)10-6-14/h3-10,18-19H,11-12H2,1-2H3. The van der Waals surface area contributed by atoms with Gasteiger partial charge in [0, 0.05) is 0 Å². The molecule has 23 heavy (non-hydrogen) atoms. The Morgan fingerprint density at radius 3 is 1.52 bits per heavy atom. The van der Waals surface area contributed by atoms with Crippen LogP contribution in [0.1, 0.15) is 33.6 Å². The average Bonchev–Trinajstić information content (AvgIpc) is 2.61. The van der Waals surface area contributed by atoms with Crippen molar-refractivity contribution in [2.75, 3.05) is 14.2 Å². The number of carbonyl (C=O) groups excluding carboxylic acids is 1. The maximum atomic E-state index is 12.2. The van der Waals surface area contributed by atoms with Gasteiger partial charge in [-0.2, -0.15) is 0 Å². The van der Waals surface area contributed by atoms with Gasteiger partial charge in [0.15, 0.2) is 0 Å². The Bertz CT molecular complexity index is 607. The Morgan fingerprint density at radius 1 is 0.783 bits per heavy atom. The Labute approximate surface area is 143 Å². The quantitative estimate of drug-likeness (QED) is 0.767. The first kappa shape index (κ1) is 16.1. The number of carbonyl (C=O) groups is 1. The minimum absolute atomic E-state index is 0.349. The molecule has 1 heterocycles. The zero-order valence-electron chi connectivity index (χ0n) is 13.3. The third-order valence-corrected chi connectivity index (χ3v) is 7.35. The van der Waals surface area contributed by atoms with Crippen LogP contribution in [0.3, 0.4) is 0 Å². The van der Waals surface area contributed by atoms with Gasteiger partial charge < -0.3 is 0 Å². The van der Waals surface area contributed by atoms with Crippen LogP contribution >= 0.6 is 0 Å². The first-order valence-electron chi connectivity index (χ1n) is 7.64. The Hall–Kier alpha value is -1.77. The summed E-state index contributed by atoms with van der Waals surface area (Å²) in [6, 6.07) is 16.3. The molecule has 0 radical (unpaired) electrons. The first-order chi connectivity index (χ1) is 11.2. The average molecular weight is 375 g/mol. The second kappa shape index (κ2) is 7.20. The fraction of sp³-hybridized carbons (Fsp3) is 0.316. The molecule has 0 aromatic heterocycles. The molecule has 0 amide bonds. The first-order valence-corrected chi connectivity index (χ1v) is 9.62. The summed E-state index contributed by atoms with van der Waals surface area (Å²) in [5.74, 6) is 2.07. The van der Waals surface area contributed by atoms with Crippen LogP contribution in [0.2, 0.25) is 0 Å². The summed E-state index contributed by atoms with van der Waals surface area (Å²) in [6.07, 6.45) is 1.33. The number of rotatable bonds is 4. The number of benzene rings is 2. The van der Waals surface area contributed by atoms with Gasteiger partial charge in [-0.3, -0.25) is 0 Å². The van der Waals surface area contributed by atoms with Crippen molar-refractivity contribution in [2.24, 2.45) is 0 Å². The molecule has 2 aromatic rings. The summed E-state index contributed by atoms with van der Waals surface area (Å²) < 4.78 is 10.4. The molecule has 0 aliphatic carbocycles. The fourth-order valence-corrected chi connectivity index (χ4v) is 6.16. The molecular formula is C19H20O3Se. The van der Waals surface area contributed by atoms with Gasteiger partial charge in [-0.25, -0.2) is 0 Å². The molecule has 2 aromatic carbocycles. The van der Waals surface area contributed by atoms with Crippen LogP contribution in [-0.2, 0) is 4.79 Å². The molecule has 1 aliphatic heterocycles. The molecule has 0 saturated carbocycles. The van der Waals surface area contributed by atoms with Crippen LogP contribution in [-0.4, -0.2) is 35.0 Å². The third-order valence-electron chi connectivity index (χ3n) is 4.13. The van der Waals surface area contributed by atoms with E-state index in [1.165, 1.54) is 11.1 Å². The van der Waals surface area contributed by atoms with Crippen LogP contribution in [0.5, 0.6) is 11.5 Å². The monoisotopic (exact) mass is 376 g/mol. The van der Waals surface area contributed by atoms with Crippen molar-refractivity contribution in [3.8, 4) is 11.5 Å². The van der Waals surface area contributed by atoms with Crippen LogP contribution in [0.15, 0.2) is 48.5 Å². The van der Waals surface area contributed by atoms with E-state index in [4.69, 9.17) is 9.47 Å². The van der Waals surface area contributed by atoms with E-state index in [1.807, 2.05) is 24.3 Å². The van der Waals surface area contributed by atoms with Gasteiger partial charge in [0.1, 0.15) is 0 Å². The van der Waals surface area contributed by atoms with Gasteiger partial charge >= 0.3 is 143 Å². The van der Waals surface area contributed by atoms with E-state index in [0.717, 1.165) is 11.5 Å². The second-order valence-electron chi connectivity index (χ2n) is 5.61. The summed E-state index contributed by atoms with van der Waals surface area (Å²) in [5.41, 5.74) is 2.50. The molecule has 3 rings (SSSR count). The Balaban J connectivity index is 1.78. The fourth-order valence-electron chi connectivity index (χ4n) is 2.82. The molecule has 0 bridgehead atoms. The van der Waals surface area contributed by atoms with Crippen molar-refractivity contribution in [2.45, 2.75) is 22.5 Å². The van der Waals surface area contributed by atoms with Gasteiger partial charge in [-0.1, -0.05) is 0 Å². The molecule has 3 nitrogen and oxygen atoms in total. The molecule has 4 heteroatoms. The van der Waals surface area contributed by atoms with E-state index in [-0.39, 0.29) is 0 Å². The van der Waals surface area contributed by atoms with E-state index >= 15 is 0 Å². The number of ketones is 1. The van der Waals surface area contributed by atoms with Crippen LogP contribution in [0.25, 0.3) is 0 Å². The molecule has 120 valence electrons. The third kappa shape index (κ3) is 3.77. The molecular weight excluding hydrogens is 355 g/mol. The van der Waals surface area contributed by atoms with E-state index < -0.39 is 0 Å². The van der Waals surface area contributed by atoms with E-state index in [2.05, 4.69) is 24.3 Å². The number of ether oxygens (including phenoxy) is 2. The predicted molar refractivity (Wildman–Crippen MR) is 91.5 cm³/mol. The normalized spacial score (nSPS) is 21.0. The van der Waals surface area contributed by atoms with Crippen molar-refractivity contribution in [1.82, 2.24) is 0 Å². The summed E-state index contributed by atoms with van der Waals surface area (Å²) >= 11 is 0.358. The van der Waals surface area contributed by atoms with Gasteiger partial charge in [-0.15, -0.1) is 0 Å². The topological polar surface area (TPSA) is 35.5 Å². The molecule has 0 N–H and O–H groups in total. The van der Waals surface area contributed by atoms with Crippen molar-refractivity contribution >= 4 is 20.7 Å². The maximum absolute atomic E-state index is 12.2. The van der Waals surface area contributed by atoms with Crippen molar-refractivity contribution in [1.29, 1.82) is 0 Å². The second-order valence-corrected chi connectivity index (χ2v) is 8.57. The van der Waals surface area contributed by atoms with Crippen molar-refractivity contribution in [3.05, 3.63) is 59.7 Å². The van der Waals surface area contributed by atoms with Gasteiger partial charge in [-0.05, 0) is 0 Å². The summed E-state index contributed by atoms with van der Waals surface area (Å²) in [6.45, 7) is 0. The Kier molecular flexibility index (Phi) is 5.04. The molecule has 1 fully saturated rings. The number of Topliss-reactive ketones (excluding diaryl/α,β-unsaturated/α-hetero) is 1. The summed E-state index contributed by atoms with van der Waals surface area (Å²) in [7, 11) is 3.34. The van der Waals surface area contributed by atoms with Crippen molar-refractivity contribution in [3.63, 3.8) is 0 Å². The van der Waals surface area contributed by atoms with Crippen LogP contribution in [0.4, 0.5) is 0 Å². The molecule has 1 saturated heterocycles.